The normalized spacial score (nSPS) is 26.4. The van der Waals surface area contributed by atoms with Crippen LogP contribution in [0.4, 0.5) is 5.95 Å². The molecule has 0 bridgehead atoms. The zero-order valence-corrected chi connectivity index (χ0v) is 12.4. The molecule has 5 heteroatoms. The van der Waals surface area contributed by atoms with Crippen LogP contribution < -0.4 is 10.2 Å². The van der Waals surface area contributed by atoms with Crippen LogP contribution in [0, 0.1) is 6.92 Å². The molecule has 1 saturated carbocycles. The molecule has 2 heterocycles. The summed E-state index contributed by atoms with van der Waals surface area (Å²) in [5.41, 5.74) is 2.24. The van der Waals surface area contributed by atoms with Crippen molar-refractivity contribution in [1.29, 1.82) is 0 Å². The lowest BCUT2D eigenvalue weighted by atomic mass is 9.90. The van der Waals surface area contributed by atoms with Crippen molar-refractivity contribution in [3.63, 3.8) is 0 Å². The second-order valence-electron chi connectivity index (χ2n) is 5.77. The summed E-state index contributed by atoms with van der Waals surface area (Å²) >= 11 is 0. The molecular formula is C15H24N4O. The lowest BCUT2D eigenvalue weighted by Gasteiger charge is -2.43. The van der Waals surface area contributed by atoms with Crippen molar-refractivity contribution in [2.75, 3.05) is 25.1 Å². The summed E-state index contributed by atoms with van der Waals surface area (Å²) in [6, 6.07) is 0.465. The molecule has 110 valence electrons. The Labute approximate surface area is 120 Å². The van der Waals surface area contributed by atoms with Gasteiger partial charge in [0, 0.05) is 30.5 Å². The molecule has 1 aromatic heterocycles. The van der Waals surface area contributed by atoms with E-state index < -0.39 is 0 Å². The third kappa shape index (κ3) is 2.65. The first-order valence-electron chi connectivity index (χ1n) is 7.65. The third-order valence-corrected chi connectivity index (χ3v) is 4.42. The smallest absolute Gasteiger partial charge is 0.225 e. The van der Waals surface area contributed by atoms with E-state index >= 15 is 0 Å². The zero-order chi connectivity index (χ0) is 13.9. The Hall–Kier alpha value is -1.20. The maximum Gasteiger partial charge on any atom is 0.225 e. The van der Waals surface area contributed by atoms with Gasteiger partial charge >= 0.3 is 0 Å². The van der Waals surface area contributed by atoms with Crippen LogP contribution in [0.1, 0.15) is 36.9 Å². The number of hydrogen-bond acceptors (Lipinski definition) is 5. The van der Waals surface area contributed by atoms with Crippen LogP contribution in [0.15, 0.2) is 6.20 Å². The molecule has 1 aliphatic carbocycles. The van der Waals surface area contributed by atoms with Crippen LogP contribution in [0.5, 0.6) is 0 Å². The van der Waals surface area contributed by atoms with Crippen molar-refractivity contribution in [1.82, 2.24) is 15.3 Å². The summed E-state index contributed by atoms with van der Waals surface area (Å²) < 4.78 is 5.92. The highest BCUT2D eigenvalue weighted by atomic mass is 16.5. The fourth-order valence-corrected chi connectivity index (χ4v) is 3.33. The molecule has 2 unspecified atom stereocenters. The van der Waals surface area contributed by atoms with E-state index in [-0.39, 0.29) is 0 Å². The van der Waals surface area contributed by atoms with E-state index in [0.717, 1.165) is 31.3 Å². The van der Waals surface area contributed by atoms with E-state index in [1.807, 2.05) is 13.2 Å². The summed E-state index contributed by atoms with van der Waals surface area (Å²) in [6.45, 7) is 4.59. The molecule has 2 aliphatic rings. The Morgan fingerprint density at radius 2 is 2.25 bits per heavy atom. The highest BCUT2D eigenvalue weighted by molar-refractivity contribution is 5.36. The van der Waals surface area contributed by atoms with E-state index in [4.69, 9.17) is 9.72 Å². The van der Waals surface area contributed by atoms with Gasteiger partial charge in [0.2, 0.25) is 5.95 Å². The predicted octanol–water partition coefficient (Wildman–Crippen LogP) is 1.65. The topological polar surface area (TPSA) is 50.3 Å². The Kier molecular flexibility index (Phi) is 4.17. The summed E-state index contributed by atoms with van der Waals surface area (Å²) in [5, 5.41) is 3.16. The summed E-state index contributed by atoms with van der Waals surface area (Å²) in [4.78, 5) is 11.7. The minimum atomic E-state index is 0.374. The molecule has 1 aliphatic heterocycles. The molecule has 0 radical (unpaired) electrons. The fourth-order valence-electron chi connectivity index (χ4n) is 3.33. The average Bonchev–Trinajstić information content (AvgIpc) is 2.49. The van der Waals surface area contributed by atoms with Gasteiger partial charge in [-0.3, -0.25) is 0 Å². The zero-order valence-electron chi connectivity index (χ0n) is 12.4. The molecule has 1 aromatic rings. The second-order valence-corrected chi connectivity index (χ2v) is 5.77. The molecule has 0 amide bonds. The van der Waals surface area contributed by atoms with Gasteiger partial charge in [0.05, 0.1) is 18.8 Å². The van der Waals surface area contributed by atoms with E-state index in [1.165, 1.54) is 31.2 Å². The number of hydrogen-bond donors (Lipinski definition) is 1. The number of ether oxygens (including phenoxy) is 1. The molecule has 2 atom stereocenters. The molecular weight excluding hydrogens is 252 g/mol. The van der Waals surface area contributed by atoms with Crippen molar-refractivity contribution in [3.8, 4) is 0 Å². The Balaban J connectivity index is 1.82. The first kappa shape index (κ1) is 13.8. The summed E-state index contributed by atoms with van der Waals surface area (Å²) in [5.74, 6) is 0.877. The minimum absolute atomic E-state index is 0.374. The quantitative estimate of drug-likeness (QED) is 0.910. The third-order valence-electron chi connectivity index (χ3n) is 4.42. The molecule has 3 rings (SSSR count). The molecule has 2 fully saturated rings. The Morgan fingerprint density at radius 1 is 1.40 bits per heavy atom. The summed E-state index contributed by atoms with van der Waals surface area (Å²) in [6.07, 6.45) is 7.29. The van der Waals surface area contributed by atoms with Gasteiger partial charge in [-0.15, -0.1) is 0 Å². The maximum atomic E-state index is 5.92. The van der Waals surface area contributed by atoms with Gasteiger partial charge < -0.3 is 15.0 Å². The van der Waals surface area contributed by atoms with Gasteiger partial charge in [0.25, 0.3) is 0 Å². The van der Waals surface area contributed by atoms with Crippen molar-refractivity contribution in [2.45, 2.75) is 51.3 Å². The molecule has 1 N–H and O–H groups in total. The van der Waals surface area contributed by atoms with Crippen LogP contribution in [0.2, 0.25) is 0 Å². The number of rotatable bonds is 3. The van der Waals surface area contributed by atoms with Crippen LogP contribution in [-0.4, -0.2) is 42.3 Å². The number of fused-ring (bicyclic) bond motifs is 1. The van der Waals surface area contributed by atoms with Crippen LogP contribution in [0.3, 0.4) is 0 Å². The van der Waals surface area contributed by atoms with Crippen molar-refractivity contribution >= 4 is 5.95 Å². The first-order valence-corrected chi connectivity index (χ1v) is 7.65. The minimum Gasteiger partial charge on any atom is -0.374 e. The van der Waals surface area contributed by atoms with Gasteiger partial charge in [-0.25, -0.2) is 9.97 Å². The first-order chi connectivity index (χ1) is 9.79. The number of morpholine rings is 1. The van der Waals surface area contributed by atoms with Crippen molar-refractivity contribution < 1.29 is 4.74 Å². The van der Waals surface area contributed by atoms with Gasteiger partial charge in [-0.1, -0.05) is 12.8 Å². The second kappa shape index (κ2) is 6.06. The number of anilines is 1. The Bertz CT molecular complexity index is 463. The standard InChI is InChI=1S/C15H24N4O/c1-11-12(9-16-2)10-17-15(18-11)19-7-8-20-14-6-4-3-5-13(14)19/h10,13-14,16H,3-9H2,1-2H3. The number of nitrogens with one attached hydrogen (secondary N) is 1. The Morgan fingerprint density at radius 3 is 3.05 bits per heavy atom. The highest BCUT2D eigenvalue weighted by Crippen LogP contribution is 2.30. The molecule has 1 saturated heterocycles. The molecule has 5 nitrogen and oxygen atoms in total. The van der Waals surface area contributed by atoms with Crippen LogP contribution in [-0.2, 0) is 11.3 Å². The van der Waals surface area contributed by atoms with E-state index in [2.05, 4.69) is 22.1 Å². The van der Waals surface area contributed by atoms with Crippen molar-refractivity contribution in [3.05, 3.63) is 17.5 Å². The fraction of sp³-hybridized carbons (Fsp3) is 0.733. The van der Waals surface area contributed by atoms with Gasteiger partial charge in [-0.05, 0) is 26.8 Å². The monoisotopic (exact) mass is 276 g/mol. The summed E-state index contributed by atoms with van der Waals surface area (Å²) in [7, 11) is 1.95. The highest BCUT2D eigenvalue weighted by Gasteiger charge is 2.35. The largest absolute Gasteiger partial charge is 0.374 e. The lowest BCUT2D eigenvalue weighted by Crippen LogP contribution is -2.53. The maximum absolute atomic E-state index is 5.92. The SMILES string of the molecule is CNCc1cnc(N2CCOC3CCCCC32)nc1C. The molecule has 20 heavy (non-hydrogen) atoms. The lowest BCUT2D eigenvalue weighted by molar-refractivity contribution is -0.00933. The van der Waals surface area contributed by atoms with E-state index in [9.17, 15) is 0 Å². The van der Waals surface area contributed by atoms with Gasteiger partial charge in [0.15, 0.2) is 0 Å². The van der Waals surface area contributed by atoms with Crippen LogP contribution in [0.25, 0.3) is 0 Å². The van der Waals surface area contributed by atoms with Gasteiger partial charge in [-0.2, -0.15) is 0 Å². The average molecular weight is 276 g/mol. The number of nitrogens with zero attached hydrogens (tertiary/aromatic N) is 3. The number of aromatic nitrogens is 2. The van der Waals surface area contributed by atoms with E-state index in [0.29, 0.717) is 12.1 Å². The number of aryl methyl sites for hydroxylation is 1. The predicted molar refractivity (Wildman–Crippen MR) is 78.9 cm³/mol. The van der Waals surface area contributed by atoms with Crippen LogP contribution >= 0.6 is 0 Å². The van der Waals surface area contributed by atoms with Crippen molar-refractivity contribution in [2.24, 2.45) is 0 Å². The van der Waals surface area contributed by atoms with E-state index in [1.54, 1.807) is 0 Å². The van der Waals surface area contributed by atoms with Gasteiger partial charge in [0.1, 0.15) is 0 Å². The molecule has 0 spiro atoms. The molecule has 0 aromatic carbocycles.